The molecule has 40 heavy (non-hydrogen) atoms. The maximum absolute atomic E-state index is 12.8. The number of benzene rings is 3. The predicted octanol–water partition coefficient (Wildman–Crippen LogP) is 5.75. The van der Waals surface area contributed by atoms with Gasteiger partial charge in [0, 0.05) is 22.8 Å². The van der Waals surface area contributed by atoms with Crippen LogP contribution in [0.4, 0.5) is 4.79 Å². The van der Waals surface area contributed by atoms with Crippen molar-refractivity contribution in [3.63, 3.8) is 0 Å². The summed E-state index contributed by atoms with van der Waals surface area (Å²) in [5, 5.41) is 2.80. The fourth-order valence-corrected chi connectivity index (χ4v) is 3.91. The van der Waals surface area contributed by atoms with E-state index >= 15 is 0 Å². The summed E-state index contributed by atoms with van der Waals surface area (Å²) in [5.41, 5.74) is 2.01. The number of carbonyl (C=O) groups is 3. The minimum Gasteiger partial charge on any atom is -0.497 e. The van der Waals surface area contributed by atoms with Gasteiger partial charge >= 0.3 is 12.1 Å². The molecule has 0 aliphatic carbocycles. The van der Waals surface area contributed by atoms with Crippen molar-refractivity contribution in [3.05, 3.63) is 77.4 Å². The van der Waals surface area contributed by atoms with Crippen LogP contribution in [0.2, 0.25) is 0 Å². The van der Waals surface area contributed by atoms with E-state index < -0.39 is 23.5 Å². The highest BCUT2D eigenvalue weighted by Crippen LogP contribution is 2.42. The molecule has 0 radical (unpaired) electrons. The van der Waals surface area contributed by atoms with Gasteiger partial charge < -0.3 is 29.0 Å². The first-order valence-corrected chi connectivity index (χ1v) is 12.6. The van der Waals surface area contributed by atoms with Gasteiger partial charge in [-0.1, -0.05) is 36.4 Å². The Morgan fingerprint density at radius 1 is 0.875 bits per heavy atom. The highest BCUT2D eigenvalue weighted by molar-refractivity contribution is 5.93. The molecule has 0 unspecified atom stereocenters. The first kappa shape index (κ1) is 30.0. The number of aldehydes is 1. The number of amides is 1. The van der Waals surface area contributed by atoms with E-state index in [-0.39, 0.29) is 13.2 Å². The maximum atomic E-state index is 12.8. The number of nitrogens with one attached hydrogen (secondary N) is 1. The normalized spacial score (nSPS) is 11.7. The Hall–Kier alpha value is -4.53. The number of esters is 1. The van der Waals surface area contributed by atoms with Crippen molar-refractivity contribution in [2.75, 3.05) is 27.9 Å². The van der Waals surface area contributed by atoms with Crippen molar-refractivity contribution >= 4 is 18.3 Å². The molecule has 0 aromatic heterocycles. The molecule has 0 saturated carbocycles. The van der Waals surface area contributed by atoms with Gasteiger partial charge in [0.2, 0.25) is 0 Å². The van der Waals surface area contributed by atoms with Gasteiger partial charge in [0.05, 0.1) is 32.8 Å². The molecular weight excluding hydrogens is 514 g/mol. The van der Waals surface area contributed by atoms with Crippen molar-refractivity contribution in [1.29, 1.82) is 0 Å². The van der Waals surface area contributed by atoms with E-state index in [1.807, 2.05) is 30.3 Å². The Kier molecular flexibility index (Phi) is 10.1. The summed E-state index contributed by atoms with van der Waals surface area (Å²) in [7, 11) is 4.50. The molecule has 3 rings (SSSR count). The Bertz CT molecular complexity index is 1330. The van der Waals surface area contributed by atoms with Crippen LogP contribution in [-0.2, 0) is 20.9 Å². The van der Waals surface area contributed by atoms with E-state index in [1.54, 1.807) is 51.1 Å². The van der Waals surface area contributed by atoms with E-state index in [0.717, 1.165) is 5.56 Å². The quantitative estimate of drug-likeness (QED) is 0.238. The Labute approximate surface area is 234 Å². The third-order valence-electron chi connectivity index (χ3n) is 6.08. The van der Waals surface area contributed by atoms with Crippen molar-refractivity contribution in [1.82, 2.24) is 5.32 Å². The van der Waals surface area contributed by atoms with Gasteiger partial charge in [0.15, 0.2) is 6.29 Å². The van der Waals surface area contributed by atoms with Gasteiger partial charge in [-0.05, 0) is 50.1 Å². The fourth-order valence-electron chi connectivity index (χ4n) is 3.91. The number of hydrogen-bond acceptors (Lipinski definition) is 8. The van der Waals surface area contributed by atoms with Crippen LogP contribution in [0.1, 0.15) is 48.3 Å². The van der Waals surface area contributed by atoms with Crippen LogP contribution in [0.25, 0.3) is 11.1 Å². The third kappa shape index (κ3) is 7.53. The van der Waals surface area contributed by atoms with E-state index in [0.29, 0.717) is 45.8 Å². The lowest BCUT2D eigenvalue weighted by Gasteiger charge is -2.24. The molecule has 0 aliphatic rings. The molecule has 0 spiro atoms. The standard InChI is InChI=1S/C31H35NO8/c1-31(2,3)29(34)39-19-25(32-30(35)40-18-20-10-8-7-9-11-20)21-12-13-26(37-5)24(15-21)28-22(17-33)14-23(36-4)16-27(28)38-6/h7-17,25H,18-19H2,1-6H3,(H,32,35)/t25-/m0/s1. The van der Waals surface area contributed by atoms with Crippen molar-refractivity contribution in [2.24, 2.45) is 5.41 Å². The maximum Gasteiger partial charge on any atom is 0.408 e. The van der Waals surface area contributed by atoms with Gasteiger partial charge in [0.25, 0.3) is 0 Å². The van der Waals surface area contributed by atoms with E-state index in [4.69, 9.17) is 23.7 Å². The predicted molar refractivity (Wildman–Crippen MR) is 150 cm³/mol. The monoisotopic (exact) mass is 549 g/mol. The summed E-state index contributed by atoms with van der Waals surface area (Å²) in [6, 6.07) is 17.0. The topological polar surface area (TPSA) is 109 Å². The molecule has 0 saturated heterocycles. The van der Waals surface area contributed by atoms with E-state index in [1.165, 1.54) is 21.3 Å². The van der Waals surface area contributed by atoms with Crippen LogP contribution < -0.4 is 19.5 Å². The molecule has 0 heterocycles. The second-order valence-corrected chi connectivity index (χ2v) is 9.98. The fraction of sp³-hybridized carbons (Fsp3) is 0.323. The summed E-state index contributed by atoms with van der Waals surface area (Å²) in [6.45, 7) is 5.15. The first-order valence-electron chi connectivity index (χ1n) is 12.6. The summed E-state index contributed by atoms with van der Waals surface area (Å²) >= 11 is 0. The second kappa shape index (κ2) is 13.5. The molecule has 0 bridgehead atoms. The van der Waals surface area contributed by atoms with Gasteiger partial charge in [-0.15, -0.1) is 0 Å². The molecule has 9 heteroatoms. The molecule has 1 N–H and O–H groups in total. The minimum absolute atomic E-state index is 0.0702. The number of alkyl carbamates (subject to hydrolysis) is 1. The van der Waals surface area contributed by atoms with Gasteiger partial charge in [0.1, 0.15) is 30.5 Å². The highest BCUT2D eigenvalue weighted by atomic mass is 16.6. The van der Waals surface area contributed by atoms with Gasteiger partial charge in [-0.2, -0.15) is 0 Å². The molecule has 9 nitrogen and oxygen atoms in total. The average molecular weight is 550 g/mol. The number of methoxy groups -OCH3 is 3. The average Bonchev–Trinajstić information content (AvgIpc) is 2.96. The van der Waals surface area contributed by atoms with Crippen molar-refractivity contribution in [2.45, 2.75) is 33.4 Å². The molecule has 1 amide bonds. The van der Waals surface area contributed by atoms with Gasteiger partial charge in [-0.3, -0.25) is 9.59 Å². The van der Waals surface area contributed by atoms with E-state index in [9.17, 15) is 14.4 Å². The van der Waals surface area contributed by atoms with Crippen LogP contribution in [0.15, 0.2) is 60.7 Å². The highest BCUT2D eigenvalue weighted by Gasteiger charge is 2.27. The van der Waals surface area contributed by atoms with Crippen LogP contribution in [0.5, 0.6) is 17.2 Å². The summed E-state index contributed by atoms with van der Waals surface area (Å²) in [5.74, 6) is 0.883. The Morgan fingerprint density at radius 3 is 2.17 bits per heavy atom. The summed E-state index contributed by atoms with van der Waals surface area (Å²) in [6.07, 6.45) is 0.0162. The molecular formula is C31H35NO8. The second-order valence-electron chi connectivity index (χ2n) is 9.98. The zero-order valence-corrected chi connectivity index (χ0v) is 23.6. The van der Waals surface area contributed by atoms with Crippen LogP contribution >= 0.6 is 0 Å². The van der Waals surface area contributed by atoms with Crippen molar-refractivity contribution < 1.29 is 38.1 Å². The number of hydrogen-bond donors (Lipinski definition) is 1. The minimum atomic E-state index is -0.775. The lowest BCUT2D eigenvalue weighted by molar-refractivity contribution is -0.153. The molecule has 212 valence electrons. The van der Waals surface area contributed by atoms with Gasteiger partial charge in [-0.25, -0.2) is 4.79 Å². The van der Waals surface area contributed by atoms with Crippen LogP contribution in [0.3, 0.4) is 0 Å². The van der Waals surface area contributed by atoms with Crippen LogP contribution in [0, 0.1) is 5.41 Å². The molecule has 0 fully saturated rings. The zero-order chi connectivity index (χ0) is 29.3. The molecule has 0 aliphatic heterocycles. The zero-order valence-electron chi connectivity index (χ0n) is 23.6. The van der Waals surface area contributed by atoms with Crippen LogP contribution in [-0.4, -0.2) is 46.3 Å². The smallest absolute Gasteiger partial charge is 0.408 e. The summed E-state index contributed by atoms with van der Waals surface area (Å²) in [4.78, 5) is 37.5. The third-order valence-corrected chi connectivity index (χ3v) is 6.08. The summed E-state index contributed by atoms with van der Waals surface area (Å²) < 4.78 is 27.5. The SMILES string of the molecule is COc1cc(C=O)c(-c2cc([C@H](COC(=O)C(C)(C)C)NC(=O)OCc3ccccc3)ccc2OC)c(OC)c1. The Morgan fingerprint density at radius 2 is 1.57 bits per heavy atom. The Balaban J connectivity index is 2.01. The molecule has 3 aromatic carbocycles. The lowest BCUT2D eigenvalue weighted by Crippen LogP contribution is -2.34. The number of ether oxygens (including phenoxy) is 5. The number of rotatable bonds is 11. The molecule has 3 aromatic rings. The molecule has 1 atom stereocenters. The first-order chi connectivity index (χ1) is 19.1. The lowest BCUT2D eigenvalue weighted by atomic mass is 9.94. The largest absolute Gasteiger partial charge is 0.497 e. The van der Waals surface area contributed by atoms with E-state index in [2.05, 4.69) is 5.32 Å². The number of carbonyl (C=O) groups excluding carboxylic acids is 3. The van der Waals surface area contributed by atoms with Crippen molar-refractivity contribution in [3.8, 4) is 28.4 Å².